The second-order valence-corrected chi connectivity index (χ2v) is 3.43. The van der Waals surface area contributed by atoms with Crippen LogP contribution < -0.4 is 0 Å². The first-order chi connectivity index (χ1) is 8.63. The molecule has 0 amide bonds. The van der Waals surface area contributed by atoms with Gasteiger partial charge >= 0.3 is 11.9 Å². The van der Waals surface area contributed by atoms with Gasteiger partial charge in [-0.15, -0.1) is 0 Å². The van der Waals surface area contributed by atoms with Crippen LogP contribution in [-0.4, -0.2) is 30.9 Å². The molecule has 0 heterocycles. The zero-order valence-electron chi connectivity index (χ0n) is 10.0. The lowest BCUT2D eigenvalue weighted by Crippen LogP contribution is -2.18. The Hall–Kier alpha value is -2.17. The average molecular weight is 250 g/mol. The van der Waals surface area contributed by atoms with Crippen LogP contribution >= 0.6 is 0 Å². The molecule has 0 saturated heterocycles. The van der Waals surface area contributed by atoms with Gasteiger partial charge in [0.15, 0.2) is 12.4 Å². The van der Waals surface area contributed by atoms with E-state index in [0.717, 1.165) is 0 Å². The van der Waals surface area contributed by atoms with Crippen molar-refractivity contribution in [3.63, 3.8) is 0 Å². The van der Waals surface area contributed by atoms with Crippen LogP contribution in [0.2, 0.25) is 0 Å². The zero-order valence-corrected chi connectivity index (χ0v) is 10.0. The molecule has 5 nitrogen and oxygen atoms in total. The van der Waals surface area contributed by atoms with Gasteiger partial charge in [0.1, 0.15) is 6.42 Å². The van der Waals surface area contributed by atoms with Gasteiger partial charge in [0.05, 0.1) is 6.61 Å². The smallest absolute Gasteiger partial charge is 0.317 e. The van der Waals surface area contributed by atoms with E-state index in [1.807, 2.05) is 0 Å². The summed E-state index contributed by atoms with van der Waals surface area (Å²) in [6.45, 7) is 1.47. The van der Waals surface area contributed by atoms with Crippen molar-refractivity contribution in [2.75, 3.05) is 13.2 Å². The molecule has 0 bridgehead atoms. The van der Waals surface area contributed by atoms with Gasteiger partial charge in [0.25, 0.3) is 0 Å². The maximum Gasteiger partial charge on any atom is 0.317 e. The first kappa shape index (κ1) is 13.9. The Kier molecular flexibility index (Phi) is 5.57. The molecule has 0 N–H and O–H groups in total. The van der Waals surface area contributed by atoms with Crippen molar-refractivity contribution in [1.82, 2.24) is 0 Å². The molecule has 0 saturated carbocycles. The summed E-state index contributed by atoms with van der Waals surface area (Å²) >= 11 is 0. The highest BCUT2D eigenvalue weighted by atomic mass is 16.6. The first-order valence-corrected chi connectivity index (χ1v) is 5.53. The second kappa shape index (κ2) is 7.21. The third kappa shape index (κ3) is 4.78. The Labute approximate surface area is 105 Å². The highest BCUT2D eigenvalue weighted by Gasteiger charge is 2.13. The van der Waals surface area contributed by atoms with Crippen LogP contribution in [0, 0.1) is 0 Å². The molecule has 0 fully saturated rings. The van der Waals surface area contributed by atoms with Crippen molar-refractivity contribution in [3.05, 3.63) is 35.9 Å². The molecule has 1 rings (SSSR count). The van der Waals surface area contributed by atoms with Gasteiger partial charge in [0, 0.05) is 5.56 Å². The van der Waals surface area contributed by atoms with Crippen molar-refractivity contribution >= 4 is 17.7 Å². The Bertz CT molecular complexity index is 424. The van der Waals surface area contributed by atoms with Gasteiger partial charge in [-0.05, 0) is 6.92 Å². The van der Waals surface area contributed by atoms with Gasteiger partial charge in [-0.3, -0.25) is 14.4 Å². The summed E-state index contributed by atoms with van der Waals surface area (Å²) in [6.07, 6.45) is -0.476. The summed E-state index contributed by atoms with van der Waals surface area (Å²) in [4.78, 5) is 33.7. The van der Waals surface area contributed by atoms with E-state index in [1.165, 1.54) is 0 Å². The normalized spacial score (nSPS) is 9.61. The van der Waals surface area contributed by atoms with Gasteiger partial charge in [-0.1, -0.05) is 30.3 Å². The molecular formula is C13H14O5. The third-order valence-electron chi connectivity index (χ3n) is 2.05. The van der Waals surface area contributed by atoms with E-state index in [4.69, 9.17) is 0 Å². The minimum absolute atomic E-state index is 0.203. The number of rotatable bonds is 6. The number of benzene rings is 1. The monoisotopic (exact) mass is 250 g/mol. The van der Waals surface area contributed by atoms with Gasteiger partial charge in [-0.2, -0.15) is 0 Å². The number of Topliss-reactive ketones (excluding diaryl/α,β-unsaturated/α-hetero) is 1. The van der Waals surface area contributed by atoms with Crippen LogP contribution in [0.4, 0.5) is 0 Å². The molecule has 0 atom stereocenters. The molecule has 0 unspecified atom stereocenters. The van der Waals surface area contributed by atoms with E-state index >= 15 is 0 Å². The molecule has 0 aliphatic heterocycles. The number of ketones is 1. The molecule has 0 spiro atoms. The van der Waals surface area contributed by atoms with E-state index in [2.05, 4.69) is 9.47 Å². The number of ether oxygens (including phenoxy) is 2. The van der Waals surface area contributed by atoms with Crippen LogP contribution in [0.3, 0.4) is 0 Å². The summed E-state index contributed by atoms with van der Waals surface area (Å²) in [6, 6.07) is 8.47. The summed E-state index contributed by atoms with van der Waals surface area (Å²) in [5.74, 6) is -1.74. The quantitative estimate of drug-likeness (QED) is 0.433. The fraction of sp³-hybridized carbons (Fsp3) is 0.308. The zero-order chi connectivity index (χ0) is 13.4. The Balaban J connectivity index is 2.35. The van der Waals surface area contributed by atoms with Crippen LogP contribution in [0.1, 0.15) is 23.7 Å². The minimum Gasteiger partial charge on any atom is -0.466 e. The maximum atomic E-state index is 11.6. The largest absolute Gasteiger partial charge is 0.466 e. The Morgan fingerprint density at radius 2 is 1.61 bits per heavy atom. The predicted octanol–water partition coefficient (Wildman–Crippen LogP) is 1.37. The summed E-state index contributed by atoms with van der Waals surface area (Å²) in [5, 5.41) is 0. The fourth-order valence-corrected chi connectivity index (χ4v) is 1.23. The molecule has 0 aliphatic carbocycles. The van der Waals surface area contributed by atoms with Gasteiger partial charge < -0.3 is 9.47 Å². The van der Waals surface area contributed by atoms with E-state index in [9.17, 15) is 14.4 Å². The minimum atomic E-state index is -0.766. The number of carbonyl (C=O) groups excluding carboxylic acids is 3. The van der Waals surface area contributed by atoms with E-state index in [0.29, 0.717) is 5.56 Å². The number of hydrogen-bond donors (Lipinski definition) is 0. The van der Waals surface area contributed by atoms with Crippen molar-refractivity contribution in [1.29, 1.82) is 0 Å². The van der Waals surface area contributed by atoms with Gasteiger partial charge in [-0.25, -0.2) is 0 Å². The SMILES string of the molecule is CCOC(=O)CC(=O)OCC(=O)c1ccccc1. The molecule has 0 radical (unpaired) electrons. The fourth-order valence-electron chi connectivity index (χ4n) is 1.23. The lowest BCUT2D eigenvalue weighted by atomic mass is 10.1. The summed E-state index contributed by atoms with van der Waals surface area (Å²) in [5.41, 5.74) is 0.460. The maximum absolute atomic E-state index is 11.6. The topological polar surface area (TPSA) is 69.7 Å². The Morgan fingerprint density at radius 3 is 2.22 bits per heavy atom. The van der Waals surface area contributed by atoms with Crippen molar-refractivity contribution in [3.8, 4) is 0 Å². The number of carbonyl (C=O) groups is 3. The molecule has 0 aromatic heterocycles. The standard InChI is InChI=1S/C13H14O5/c1-2-17-12(15)8-13(16)18-9-11(14)10-6-4-3-5-7-10/h3-7H,2,8-9H2,1H3. The highest BCUT2D eigenvalue weighted by Crippen LogP contribution is 2.01. The molecule has 0 aliphatic rings. The summed E-state index contributed by atoms with van der Waals surface area (Å²) in [7, 11) is 0. The lowest BCUT2D eigenvalue weighted by Gasteiger charge is -2.04. The van der Waals surface area contributed by atoms with Gasteiger partial charge in [0.2, 0.25) is 0 Å². The van der Waals surface area contributed by atoms with E-state index in [-0.39, 0.29) is 19.0 Å². The molecule has 1 aromatic rings. The van der Waals surface area contributed by atoms with Crippen molar-refractivity contribution in [2.45, 2.75) is 13.3 Å². The Morgan fingerprint density at radius 1 is 1.00 bits per heavy atom. The van der Waals surface area contributed by atoms with Crippen LogP contribution in [0.25, 0.3) is 0 Å². The van der Waals surface area contributed by atoms with Crippen LogP contribution in [0.5, 0.6) is 0 Å². The third-order valence-corrected chi connectivity index (χ3v) is 2.05. The van der Waals surface area contributed by atoms with Crippen LogP contribution in [-0.2, 0) is 19.1 Å². The lowest BCUT2D eigenvalue weighted by molar-refractivity contribution is -0.153. The van der Waals surface area contributed by atoms with Crippen LogP contribution in [0.15, 0.2) is 30.3 Å². The predicted molar refractivity (Wildman–Crippen MR) is 63.0 cm³/mol. The molecule has 5 heteroatoms. The molecule has 1 aromatic carbocycles. The number of esters is 2. The molecular weight excluding hydrogens is 236 g/mol. The number of hydrogen-bond acceptors (Lipinski definition) is 5. The van der Waals surface area contributed by atoms with Crippen molar-refractivity contribution < 1.29 is 23.9 Å². The average Bonchev–Trinajstić information content (AvgIpc) is 2.37. The van der Waals surface area contributed by atoms with Crippen molar-refractivity contribution in [2.24, 2.45) is 0 Å². The molecule has 18 heavy (non-hydrogen) atoms. The second-order valence-electron chi connectivity index (χ2n) is 3.43. The molecule has 96 valence electrons. The van der Waals surface area contributed by atoms with E-state index in [1.54, 1.807) is 37.3 Å². The first-order valence-electron chi connectivity index (χ1n) is 5.53. The summed E-state index contributed by atoms with van der Waals surface area (Å²) < 4.78 is 9.27. The van der Waals surface area contributed by atoms with E-state index < -0.39 is 18.4 Å². The highest BCUT2D eigenvalue weighted by molar-refractivity contribution is 5.99.